The van der Waals surface area contributed by atoms with Gasteiger partial charge >= 0.3 is 11.9 Å². The Kier molecular flexibility index (Phi) is 9.60. The Labute approximate surface area is 263 Å². The molecule has 0 atom stereocenters. The maximum Gasteiger partial charge on any atom is 0.354 e. The number of carboxylic acid groups (broad SMARTS) is 2. The molecule has 226 valence electrons. The van der Waals surface area contributed by atoms with Gasteiger partial charge in [0, 0.05) is 61.8 Å². The number of hydrogen-bond donors (Lipinski definition) is 6. The van der Waals surface area contributed by atoms with Crippen molar-refractivity contribution in [1.29, 1.82) is 0 Å². The largest absolute Gasteiger partial charge is 0.477 e. The first-order chi connectivity index (χ1) is 21.9. The molecule has 0 unspecified atom stereocenters. The number of aryl methyl sites for hydroxylation is 1. The Morgan fingerprint density at radius 1 is 0.756 bits per heavy atom. The first kappa shape index (κ1) is 30.6. The van der Waals surface area contributed by atoms with Crippen molar-refractivity contribution >= 4 is 71.5 Å². The van der Waals surface area contributed by atoms with Gasteiger partial charge in [-0.25, -0.2) is 29.5 Å². The van der Waals surface area contributed by atoms with Crippen molar-refractivity contribution in [1.82, 2.24) is 39.9 Å². The number of carbonyl (C=O) groups is 2. The molecule has 12 nitrogen and oxygen atoms in total. The number of hydrogen-bond acceptors (Lipinski definition) is 6. The van der Waals surface area contributed by atoms with E-state index in [1.54, 1.807) is 55.9 Å². The number of pyridine rings is 2. The number of aromatic amines is 4. The number of fused-ring (bicyclic) bond motifs is 6. The molecule has 6 heterocycles. The number of H-pyrrole nitrogens is 4. The van der Waals surface area contributed by atoms with Gasteiger partial charge in [-0.1, -0.05) is 41.1 Å². The van der Waals surface area contributed by atoms with Gasteiger partial charge in [-0.2, -0.15) is 0 Å². The monoisotopic (exact) mass is 666 g/mol. The summed E-state index contributed by atoms with van der Waals surface area (Å²) in [5, 5.41) is 22.0. The summed E-state index contributed by atoms with van der Waals surface area (Å²) in [6, 6.07) is 15.3. The van der Waals surface area contributed by atoms with E-state index in [2.05, 4.69) is 55.8 Å². The van der Waals surface area contributed by atoms with Crippen molar-refractivity contribution in [3.8, 4) is 0 Å². The summed E-state index contributed by atoms with van der Waals surface area (Å²) in [7, 11) is 0. The minimum atomic E-state index is -1.02. The average Bonchev–Trinajstić information content (AvgIpc) is 3.88. The molecule has 0 spiro atoms. The summed E-state index contributed by atoms with van der Waals surface area (Å²) in [5.74, 6) is -1.99. The van der Waals surface area contributed by atoms with Gasteiger partial charge in [0.2, 0.25) is 0 Å². The molecule has 0 saturated heterocycles. The van der Waals surface area contributed by atoms with Gasteiger partial charge in [0.25, 0.3) is 0 Å². The van der Waals surface area contributed by atoms with Crippen molar-refractivity contribution in [2.75, 3.05) is 0 Å². The highest BCUT2D eigenvalue weighted by atomic mass is 79.9. The number of nitrogens with one attached hydrogen (secondary N) is 4. The third-order valence-electron chi connectivity index (χ3n) is 6.68. The van der Waals surface area contributed by atoms with E-state index >= 15 is 0 Å². The van der Waals surface area contributed by atoms with Crippen LogP contribution in [0.1, 0.15) is 33.5 Å². The Hall–Kier alpha value is -5.82. The number of aromatic nitrogens is 8. The normalized spacial score (nSPS) is 10.4. The van der Waals surface area contributed by atoms with Crippen molar-refractivity contribution in [3.63, 3.8) is 0 Å². The Morgan fingerprint density at radius 3 is 2.00 bits per heavy atom. The molecule has 6 aromatic heterocycles. The van der Waals surface area contributed by atoms with Crippen molar-refractivity contribution in [3.05, 3.63) is 120 Å². The van der Waals surface area contributed by atoms with E-state index in [1.807, 2.05) is 49.4 Å². The quantitative estimate of drug-likeness (QED) is 0.116. The molecule has 2 aromatic carbocycles. The molecule has 0 bridgehead atoms. The van der Waals surface area contributed by atoms with Gasteiger partial charge < -0.3 is 30.1 Å². The molecule has 45 heavy (non-hydrogen) atoms. The van der Waals surface area contributed by atoms with Crippen LogP contribution in [0.25, 0.3) is 43.6 Å². The van der Waals surface area contributed by atoms with Crippen LogP contribution >= 0.6 is 15.9 Å². The van der Waals surface area contributed by atoms with Gasteiger partial charge in [0.15, 0.2) is 5.69 Å². The molecule has 0 amide bonds. The van der Waals surface area contributed by atoms with Crippen LogP contribution < -0.4 is 0 Å². The summed E-state index contributed by atoms with van der Waals surface area (Å²) in [5.41, 5.74) is 4.69. The third-order valence-corrected chi connectivity index (χ3v) is 7.17. The molecule has 0 aliphatic carbocycles. The number of halogens is 1. The lowest BCUT2D eigenvalue weighted by Crippen LogP contribution is -2.05. The van der Waals surface area contributed by atoms with Crippen LogP contribution in [0.2, 0.25) is 0 Å². The highest BCUT2D eigenvalue weighted by molar-refractivity contribution is 9.10. The Morgan fingerprint density at radius 2 is 1.40 bits per heavy atom. The van der Waals surface area contributed by atoms with E-state index in [4.69, 9.17) is 5.11 Å². The fourth-order valence-corrected chi connectivity index (χ4v) is 5.12. The minimum Gasteiger partial charge on any atom is -0.477 e. The molecular weight excluding hydrogens is 640 g/mol. The summed E-state index contributed by atoms with van der Waals surface area (Å²) in [6.07, 6.45) is 14.0. The lowest BCUT2D eigenvalue weighted by Gasteiger charge is -2.04. The Bertz CT molecular complexity index is 2130. The van der Waals surface area contributed by atoms with E-state index in [0.717, 1.165) is 53.6 Å². The number of nitrogens with zero attached hydrogens (tertiary/aromatic N) is 4. The van der Waals surface area contributed by atoms with Gasteiger partial charge in [-0.3, -0.25) is 0 Å². The molecule has 8 aromatic rings. The van der Waals surface area contributed by atoms with Crippen LogP contribution in [0.3, 0.4) is 0 Å². The molecule has 0 radical (unpaired) electrons. The lowest BCUT2D eigenvalue weighted by atomic mass is 10.0. The first-order valence-corrected chi connectivity index (χ1v) is 14.4. The maximum atomic E-state index is 11.2. The lowest BCUT2D eigenvalue weighted by molar-refractivity contribution is 0.0679. The summed E-state index contributed by atoms with van der Waals surface area (Å²) in [6.45, 7) is 1.95. The van der Waals surface area contributed by atoms with Crippen LogP contribution in [0.15, 0.2) is 103 Å². The van der Waals surface area contributed by atoms with Crippen molar-refractivity contribution in [2.45, 2.75) is 13.3 Å². The third kappa shape index (κ3) is 7.05. The molecule has 0 aliphatic heterocycles. The highest BCUT2D eigenvalue weighted by Gasteiger charge is 2.17. The van der Waals surface area contributed by atoms with Crippen LogP contribution in [-0.2, 0) is 6.42 Å². The molecule has 0 saturated carbocycles. The molecule has 6 N–H and O–H groups in total. The standard InChI is InChI=1S/C14H12N2O2.C12H7BrN2O2.2C3H4N2/c1-2-8-12-9-5-3-4-6-10(9)16-11(12)7-15-13(8)14(17)18;13-6-1-2-9-7(3-6)8-4-10(12(16)17)14-5-11(8)15-9;2*1-2-5-3-4-1/h3-7,16H,2H2,1H3,(H,17,18);1-5,15H,(H,16,17);2*1-3H,(H,4,5). The second-order valence-electron chi connectivity index (χ2n) is 9.46. The van der Waals surface area contributed by atoms with E-state index in [1.165, 1.54) is 0 Å². The van der Waals surface area contributed by atoms with Gasteiger partial charge in [0.05, 0.1) is 36.1 Å². The molecule has 0 aliphatic rings. The van der Waals surface area contributed by atoms with Gasteiger partial charge in [0.1, 0.15) is 5.69 Å². The summed E-state index contributed by atoms with van der Waals surface area (Å²) >= 11 is 3.40. The highest BCUT2D eigenvalue weighted by Crippen LogP contribution is 2.30. The van der Waals surface area contributed by atoms with Crippen LogP contribution in [0, 0.1) is 0 Å². The molecule has 8 rings (SSSR count). The van der Waals surface area contributed by atoms with Crippen LogP contribution in [0.5, 0.6) is 0 Å². The molecular formula is C32H27BrN8O4. The van der Waals surface area contributed by atoms with Crippen molar-refractivity contribution < 1.29 is 19.8 Å². The first-order valence-electron chi connectivity index (χ1n) is 13.6. The van der Waals surface area contributed by atoms with E-state index in [0.29, 0.717) is 6.42 Å². The van der Waals surface area contributed by atoms with Crippen LogP contribution in [0.4, 0.5) is 0 Å². The second kappa shape index (κ2) is 14.1. The zero-order chi connectivity index (χ0) is 31.8. The van der Waals surface area contributed by atoms with E-state index < -0.39 is 11.9 Å². The number of benzene rings is 2. The SMILES string of the molecule is CCc1c(C(=O)O)ncc2[nH]c3ccccc3c12.O=C(O)c1cc2c(cn1)[nH]c1ccc(Br)cc12.c1c[nH]cn1.c1c[nH]cn1. The van der Waals surface area contributed by atoms with Gasteiger partial charge in [-0.15, -0.1) is 0 Å². The predicted molar refractivity (Wildman–Crippen MR) is 175 cm³/mol. The zero-order valence-electron chi connectivity index (χ0n) is 23.8. The maximum absolute atomic E-state index is 11.2. The van der Waals surface area contributed by atoms with Gasteiger partial charge in [-0.05, 0) is 42.3 Å². The topological polar surface area (TPSA) is 189 Å². The number of rotatable bonds is 3. The molecule has 0 fully saturated rings. The predicted octanol–water partition coefficient (Wildman–Crippen LogP) is 6.97. The number of para-hydroxylation sites is 1. The summed E-state index contributed by atoms with van der Waals surface area (Å²) < 4.78 is 0.958. The number of carboxylic acids is 2. The number of imidazole rings is 2. The Balaban J connectivity index is 0.000000136. The second-order valence-corrected chi connectivity index (χ2v) is 10.4. The fourth-order valence-electron chi connectivity index (χ4n) is 4.76. The number of aromatic carboxylic acids is 2. The van der Waals surface area contributed by atoms with E-state index in [-0.39, 0.29) is 11.4 Å². The fraction of sp³-hybridized carbons (Fsp3) is 0.0625. The average molecular weight is 668 g/mol. The van der Waals surface area contributed by atoms with E-state index in [9.17, 15) is 14.7 Å². The smallest absolute Gasteiger partial charge is 0.354 e. The minimum absolute atomic E-state index is 0.0541. The molecule has 13 heteroatoms. The van der Waals surface area contributed by atoms with Crippen LogP contribution in [-0.4, -0.2) is 62.0 Å². The summed E-state index contributed by atoms with van der Waals surface area (Å²) in [4.78, 5) is 49.3. The zero-order valence-corrected chi connectivity index (χ0v) is 25.4. The van der Waals surface area contributed by atoms with Crippen molar-refractivity contribution in [2.24, 2.45) is 0 Å².